The Morgan fingerprint density at radius 2 is 1.63 bits per heavy atom. The molecule has 3 rings (SSSR count). The molecule has 0 saturated heterocycles. The first-order valence-electron chi connectivity index (χ1n) is 9.65. The van der Waals surface area contributed by atoms with Crippen molar-refractivity contribution in [1.82, 2.24) is 0 Å². The van der Waals surface area contributed by atoms with Gasteiger partial charge in [0.2, 0.25) is 0 Å². The first-order chi connectivity index (χ1) is 16.4. The summed E-state index contributed by atoms with van der Waals surface area (Å²) in [4.78, 5) is 11.8. The maximum absolute atomic E-state index is 12.9. The Morgan fingerprint density at radius 1 is 0.943 bits per heavy atom. The number of anilines is 2. The number of sulfonamides is 1. The number of hydrogen-bond acceptors (Lipinski definition) is 5. The third-order valence-corrected chi connectivity index (χ3v) is 6.42. The molecule has 0 bridgehead atoms. The highest BCUT2D eigenvalue weighted by Gasteiger charge is 2.30. The van der Waals surface area contributed by atoms with Gasteiger partial charge in [-0.3, -0.25) is 9.52 Å². The van der Waals surface area contributed by atoms with Gasteiger partial charge < -0.3 is 14.8 Å². The monoisotopic (exact) mass is 548 g/mol. The molecule has 7 nitrogen and oxygen atoms in total. The molecule has 0 aliphatic rings. The fourth-order valence-corrected chi connectivity index (χ4v) is 4.46. The van der Waals surface area contributed by atoms with E-state index in [1.54, 1.807) is 12.1 Å². The Hall–Kier alpha value is -3.15. The summed E-state index contributed by atoms with van der Waals surface area (Å²) in [5, 5.41) is 2.74. The van der Waals surface area contributed by atoms with Gasteiger partial charge in [-0.2, -0.15) is 13.2 Å². The summed E-state index contributed by atoms with van der Waals surface area (Å²) in [7, 11) is -2.80. The highest BCUT2D eigenvalue weighted by Crippen LogP contribution is 2.32. The standard InChI is InChI=1S/C22H17Cl2F3N2O5S/c1-33-19-7-5-14(10-17(19)23)28-21(30)12-34-20-8-6-16(11-18(20)24)35(31,32)29-15-4-2-3-13(9-15)22(25,26)27/h2-11,29H,12H2,1H3,(H,28,30). The second kappa shape index (κ2) is 10.6. The van der Waals surface area contributed by atoms with Gasteiger partial charge in [0.05, 0.1) is 27.6 Å². The molecule has 13 heteroatoms. The zero-order valence-electron chi connectivity index (χ0n) is 17.8. The molecule has 186 valence electrons. The molecule has 0 fully saturated rings. The van der Waals surface area contributed by atoms with Crippen molar-refractivity contribution in [2.24, 2.45) is 0 Å². The van der Waals surface area contributed by atoms with Crippen LogP contribution in [0.3, 0.4) is 0 Å². The van der Waals surface area contributed by atoms with Crippen LogP contribution in [0.15, 0.2) is 65.6 Å². The summed E-state index contributed by atoms with van der Waals surface area (Å²) >= 11 is 12.1. The molecule has 0 aliphatic carbocycles. The first-order valence-corrected chi connectivity index (χ1v) is 11.9. The van der Waals surface area contributed by atoms with Gasteiger partial charge in [-0.15, -0.1) is 0 Å². The third kappa shape index (κ3) is 6.93. The van der Waals surface area contributed by atoms with E-state index in [2.05, 4.69) is 10.0 Å². The normalized spacial score (nSPS) is 11.6. The molecule has 0 radical (unpaired) electrons. The van der Waals surface area contributed by atoms with E-state index in [9.17, 15) is 26.4 Å². The maximum atomic E-state index is 12.9. The third-order valence-electron chi connectivity index (χ3n) is 4.45. The minimum absolute atomic E-state index is 0.0209. The molecular formula is C22H17Cl2F3N2O5S. The van der Waals surface area contributed by atoms with Gasteiger partial charge in [0.15, 0.2) is 6.61 Å². The molecule has 0 saturated carbocycles. The van der Waals surface area contributed by atoms with Gasteiger partial charge in [-0.05, 0) is 54.6 Å². The van der Waals surface area contributed by atoms with Crippen LogP contribution >= 0.6 is 23.2 Å². The molecular weight excluding hydrogens is 532 g/mol. The van der Waals surface area contributed by atoms with Crippen molar-refractivity contribution in [1.29, 1.82) is 0 Å². The first kappa shape index (κ1) is 26.5. The molecule has 0 spiro atoms. The average molecular weight is 549 g/mol. The number of methoxy groups -OCH3 is 1. The number of hydrogen-bond donors (Lipinski definition) is 2. The highest BCUT2D eigenvalue weighted by molar-refractivity contribution is 7.92. The Kier molecular flexibility index (Phi) is 8.04. The van der Waals surface area contributed by atoms with Crippen LogP contribution in [-0.2, 0) is 21.0 Å². The molecule has 0 aromatic heterocycles. The van der Waals surface area contributed by atoms with Crippen molar-refractivity contribution in [2.75, 3.05) is 23.8 Å². The Balaban J connectivity index is 1.65. The lowest BCUT2D eigenvalue weighted by molar-refractivity contribution is -0.137. The van der Waals surface area contributed by atoms with E-state index in [-0.39, 0.29) is 21.4 Å². The second-order valence-electron chi connectivity index (χ2n) is 6.96. The van der Waals surface area contributed by atoms with E-state index in [0.717, 1.165) is 24.3 Å². The minimum Gasteiger partial charge on any atom is -0.495 e. The second-order valence-corrected chi connectivity index (χ2v) is 9.46. The largest absolute Gasteiger partial charge is 0.495 e. The molecule has 0 atom stereocenters. The number of nitrogens with one attached hydrogen (secondary N) is 2. The molecule has 2 N–H and O–H groups in total. The average Bonchev–Trinajstić information content (AvgIpc) is 2.77. The van der Waals surface area contributed by atoms with E-state index in [0.29, 0.717) is 22.5 Å². The summed E-state index contributed by atoms with van der Waals surface area (Å²) in [6.07, 6.45) is -4.63. The van der Waals surface area contributed by atoms with E-state index < -0.39 is 34.3 Å². The molecule has 3 aromatic rings. The number of carbonyl (C=O) groups is 1. The van der Waals surface area contributed by atoms with Crippen molar-refractivity contribution in [3.63, 3.8) is 0 Å². The van der Waals surface area contributed by atoms with Gasteiger partial charge in [-0.25, -0.2) is 8.42 Å². The van der Waals surface area contributed by atoms with Gasteiger partial charge in [0, 0.05) is 11.4 Å². The van der Waals surface area contributed by atoms with Gasteiger partial charge in [-0.1, -0.05) is 29.3 Å². The van der Waals surface area contributed by atoms with E-state index in [4.69, 9.17) is 32.7 Å². The fraction of sp³-hybridized carbons (Fsp3) is 0.136. The SMILES string of the molecule is COc1ccc(NC(=O)COc2ccc(S(=O)(=O)Nc3cccc(C(F)(F)F)c3)cc2Cl)cc1Cl. The number of amides is 1. The fourth-order valence-electron chi connectivity index (χ4n) is 2.82. The van der Waals surface area contributed by atoms with Gasteiger partial charge in [0.25, 0.3) is 15.9 Å². The van der Waals surface area contributed by atoms with Crippen LogP contribution in [0.4, 0.5) is 24.5 Å². The van der Waals surface area contributed by atoms with Crippen molar-refractivity contribution >= 4 is 50.5 Å². The van der Waals surface area contributed by atoms with Crippen molar-refractivity contribution in [3.8, 4) is 11.5 Å². The van der Waals surface area contributed by atoms with Gasteiger partial charge in [0.1, 0.15) is 11.5 Å². The van der Waals surface area contributed by atoms with Gasteiger partial charge >= 0.3 is 6.18 Å². The van der Waals surface area contributed by atoms with Crippen molar-refractivity contribution in [2.45, 2.75) is 11.1 Å². The zero-order chi connectivity index (χ0) is 25.8. The Morgan fingerprint density at radius 3 is 2.26 bits per heavy atom. The number of rotatable bonds is 8. The lowest BCUT2D eigenvalue weighted by Gasteiger charge is -2.13. The molecule has 0 aliphatic heterocycles. The maximum Gasteiger partial charge on any atom is 0.416 e. The summed E-state index contributed by atoms with van der Waals surface area (Å²) in [6.45, 7) is -0.446. The number of benzene rings is 3. The number of halogens is 5. The molecule has 35 heavy (non-hydrogen) atoms. The lowest BCUT2D eigenvalue weighted by atomic mass is 10.2. The lowest BCUT2D eigenvalue weighted by Crippen LogP contribution is -2.20. The molecule has 0 heterocycles. The predicted molar refractivity (Wildman–Crippen MR) is 126 cm³/mol. The predicted octanol–water partition coefficient (Wildman–Crippen LogP) is 5.84. The van der Waals surface area contributed by atoms with E-state index >= 15 is 0 Å². The van der Waals surface area contributed by atoms with Crippen molar-refractivity contribution < 1.29 is 35.9 Å². The van der Waals surface area contributed by atoms with Crippen LogP contribution in [0.1, 0.15) is 5.56 Å². The Bertz CT molecular complexity index is 1350. The number of alkyl halides is 3. The molecule has 3 aromatic carbocycles. The summed E-state index contributed by atoms with van der Waals surface area (Å²) in [5.41, 5.74) is -0.876. The van der Waals surface area contributed by atoms with Crippen LogP contribution in [0.2, 0.25) is 10.0 Å². The molecule has 0 unspecified atom stereocenters. The molecule has 1 amide bonds. The van der Waals surface area contributed by atoms with Crippen molar-refractivity contribution in [3.05, 3.63) is 76.3 Å². The summed E-state index contributed by atoms with van der Waals surface area (Å²) in [6, 6.07) is 11.8. The highest BCUT2D eigenvalue weighted by atomic mass is 35.5. The van der Waals surface area contributed by atoms with Crippen LogP contribution in [-0.4, -0.2) is 28.0 Å². The van der Waals surface area contributed by atoms with Crippen LogP contribution in [0, 0.1) is 0 Å². The Labute approximate surface area is 208 Å². The number of ether oxygens (including phenoxy) is 2. The van der Waals surface area contributed by atoms with E-state index in [1.165, 1.54) is 25.3 Å². The van der Waals surface area contributed by atoms with Crippen LogP contribution in [0.25, 0.3) is 0 Å². The number of carbonyl (C=O) groups excluding carboxylic acids is 1. The quantitative estimate of drug-likeness (QED) is 0.369. The minimum atomic E-state index is -4.63. The van der Waals surface area contributed by atoms with Crippen LogP contribution in [0.5, 0.6) is 11.5 Å². The summed E-state index contributed by atoms with van der Waals surface area (Å²) < 4.78 is 76.3. The summed E-state index contributed by atoms with van der Waals surface area (Å²) in [5.74, 6) is -0.0805. The zero-order valence-corrected chi connectivity index (χ0v) is 20.1. The van der Waals surface area contributed by atoms with Crippen LogP contribution < -0.4 is 19.5 Å². The smallest absolute Gasteiger partial charge is 0.416 e. The topological polar surface area (TPSA) is 93.7 Å². The van der Waals surface area contributed by atoms with E-state index in [1.807, 2.05) is 0 Å².